The zero-order chi connectivity index (χ0) is 19.7. The van der Waals surface area contributed by atoms with E-state index in [1.54, 1.807) is 0 Å². The molecule has 1 aliphatic heterocycles. The first-order valence-corrected chi connectivity index (χ1v) is 11.8. The Labute approximate surface area is 170 Å². The van der Waals surface area contributed by atoms with E-state index in [1.807, 2.05) is 66.7 Å². The average Bonchev–Trinajstić information content (AvgIpc) is 3.27. The molecule has 1 fully saturated rings. The number of hydrogen-bond acceptors (Lipinski definition) is 3. The highest BCUT2D eigenvalue weighted by molar-refractivity contribution is 7.88. The summed E-state index contributed by atoms with van der Waals surface area (Å²) in [7, 11) is -2.61. The fourth-order valence-electron chi connectivity index (χ4n) is 4.25. The molecular formula is C24H22NO3P. The van der Waals surface area contributed by atoms with E-state index >= 15 is 0 Å². The molecule has 0 aromatic heterocycles. The molecule has 1 heterocycles. The third kappa shape index (κ3) is 3.18. The van der Waals surface area contributed by atoms with Crippen molar-refractivity contribution < 1.29 is 14.3 Å². The van der Waals surface area contributed by atoms with Crippen LogP contribution in [-0.4, -0.2) is 12.2 Å². The maximum Gasteiger partial charge on any atom is 0.433 e. The lowest BCUT2D eigenvalue weighted by Crippen LogP contribution is -2.31. The van der Waals surface area contributed by atoms with Crippen molar-refractivity contribution in [3.05, 3.63) is 78.9 Å². The lowest BCUT2D eigenvalue weighted by Gasteiger charge is -2.33. The molecule has 0 unspecified atom stereocenters. The van der Waals surface area contributed by atoms with Crippen LogP contribution in [0.25, 0.3) is 0 Å². The lowest BCUT2D eigenvalue weighted by atomic mass is 10.3. The highest BCUT2D eigenvalue weighted by atomic mass is 31.2. The molecule has 5 rings (SSSR count). The Morgan fingerprint density at radius 3 is 2.00 bits per heavy atom. The number of carbonyl (C=O) groups is 1. The Hall–Kier alpha value is -2.84. The van der Waals surface area contributed by atoms with Gasteiger partial charge < -0.3 is 9.47 Å². The average molecular weight is 403 g/mol. The standard InChI is InChI=1S/C24H22NO3P/c26-24(27-18-10-4-5-11-18)25-29(19-12-2-1-3-13-19)22-16-8-6-14-20(22)28-21-15-7-9-17-23(21)29/h1-3,6-9,12-18H,4-5,10-11H2. The Balaban J connectivity index is 1.77. The molecule has 2 aliphatic rings. The molecule has 3 aromatic rings. The molecule has 29 heavy (non-hydrogen) atoms. The fourth-order valence-corrected chi connectivity index (χ4v) is 7.78. The summed E-state index contributed by atoms with van der Waals surface area (Å²) in [6.45, 7) is 0. The van der Waals surface area contributed by atoms with Gasteiger partial charge in [0.15, 0.2) is 0 Å². The largest absolute Gasteiger partial charge is 0.456 e. The smallest absolute Gasteiger partial charge is 0.433 e. The predicted octanol–water partition coefficient (Wildman–Crippen LogP) is 5.35. The Morgan fingerprint density at radius 1 is 0.828 bits per heavy atom. The Kier molecular flexibility index (Phi) is 4.73. The van der Waals surface area contributed by atoms with Gasteiger partial charge in [0, 0.05) is 15.9 Å². The van der Waals surface area contributed by atoms with Crippen LogP contribution in [0.4, 0.5) is 4.79 Å². The monoisotopic (exact) mass is 403 g/mol. The SMILES string of the molecule is O=C(N=P1(c2ccccc2)c2ccccc2Oc2ccccc21)OC1CCCC1. The topological polar surface area (TPSA) is 47.9 Å². The molecule has 0 atom stereocenters. The minimum atomic E-state index is -2.61. The summed E-state index contributed by atoms with van der Waals surface area (Å²) in [6.07, 6.45) is 3.57. The first-order valence-electron chi connectivity index (χ1n) is 10.0. The van der Waals surface area contributed by atoms with Gasteiger partial charge in [-0.2, -0.15) is 4.74 Å². The van der Waals surface area contributed by atoms with E-state index in [4.69, 9.17) is 14.2 Å². The van der Waals surface area contributed by atoms with Gasteiger partial charge in [-0.1, -0.05) is 54.6 Å². The van der Waals surface area contributed by atoms with Gasteiger partial charge in [0.1, 0.15) is 17.6 Å². The van der Waals surface area contributed by atoms with Crippen LogP contribution in [-0.2, 0) is 4.74 Å². The lowest BCUT2D eigenvalue weighted by molar-refractivity contribution is 0.111. The minimum Gasteiger partial charge on any atom is -0.456 e. The number of benzene rings is 3. The molecule has 0 saturated heterocycles. The summed E-state index contributed by atoms with van der Waals surface area (Å²) >= 11 is 0. The molecule has 3 aromatic carbocycles. The number of fused-ring (bicyclic) bond motifs is 2. The summed E-state index contributed by atoms with van der Waals surface area (Å²) in [5.74, 6) is 1.50. The van der Waals surface area contributed by atoms with Gasteiger partial charge in [0.05, 0.1) is 7.05 Å². The van der Waals surface area contributed by atoms with Crippen LogP contribution in [0, 0.1) is 0 Å². The van der Waals surface area contributed by atoms with Crippen LogP contribution in [0.2, 0.25) is 0 Å². The maximum atomic E-state index is 13.1. The number of amides is 1. The second kappa shape index (κ2) is 7.53. The van der Waals surface area contributed by atoms with Crippen molar-refractivity contribution in [3.63, 3.8) is 0 Å². The second-order valence-corrected chi connectivity index (χ2v) is 10.3. The summed E-state index contributed by atoms with van der Waals surface area (Å²) < 4.78 is 16.8. The van der Waals surface area contributed by atoms with Crippen LogP contribution < -0.4 is 20.7 Å². The third-order valence-electron chi connectivity index (χ3n) is 5.58. The Bertz CT molecular complexity index is 1050. The van der Waals surface area contributed by atoms with Crippen molar-refractivity contribution in [1.29, 1.82) is 0 Å². The molecule has 0 N–H and O–H groups in total. The maximum absolute atomic E-state index is 13.1. The quantitative estimate of drug-likeness (QED) is 0.424. The molecule has 0 radical (unpaired) electrons. The number of ether oxygens (including phenoxy) is 2. The van der Waals surface area contributed by atoms with Gasteiger partial charge in [-0.05, 0) is 49.9 Å². The van der Waals surface area contributed by atoms with Crippen LogP contribution >= 0.6 is 7.05 Å². The fraction of sp³-hybridized carbons (Fsp3) is 0.208. The summed E-state index contributed by atoms with van der Waals surface area (Å²) in [5, 5.41) is 2.92. The molecule has 4 nitrogen and oxygen atoms in total. The van der Waals surface area contributed by atoms with Crippen LogP contribution in [0.15, 0.2) is 83.6 Å². The van der Waals surface area contributed by atoms with E-state index in [-0.39, 0.29) is 6.10 Å². The number of rotatable bonds is 2. The van der Waals surface area contributed by atoms with Crippen molar-refractivity contribution in [2.75, 3.05) is 0 Å². The predicted molar refractivity (Wildman–Crippen MR) is 116 cm³/mol. The highest BCUT2D eigenvalue weighted by Crippen LogP contribution is 2.54. The van der Waals surface area contributed by atoms with Gasteiger partial charge in [0.2, 0.25) is 0 Å². The van der Waals surface area contributed by atoms with Gasteiger partial charge in [-0.15, -0.1) is 0 Å². The van der Waals surface area contributed by atoms with Gasteiger partial charge in [-0.25, -0.2) is 4.79 Å². The highest BCUT2D eigenvalue weighted by Gasteiger charge is 2.38. The van der Waals surface area contributed by atoms with Crippen molar-refractivity contribution in [3.8, 4) is 11.5 Å². The van der Waals surface area contributed by atoms with Crippen molar-refractivity contribution in [1.82, 2.24) is 0 Å². The number of para-hydroxylation sites is 2. The summed E-state index contributed by atoms with van der Waals surface area (Å²) in [4.78, 5) is 13.1. The first kappa shape index (κ1) is 18.2. The van der Waals surface area contributed by atoms with E-state index in [1.165, 1.54) is 0 Å². The molecule has 5 heteroatoms. The minimum absolute atomic E-state index is 0.0198. The first-order chi connectivity index (χ1) is 14.3. The van der Waals surface area contributed by atoms with Gasteiger partial charge >= 0.3 is 6.09 Å². The number of nitrogens with zero attached hydrogens (tertiary/aromatic N) is 1. The molecule has 1 aliphatic carbocycles. The zero-order valence-electron chi connectivity index (χ0n) is 16.0. The van der Waals surface area contributed by atoms with Crippen LogP contribution in [0.5, 0.6) is 11.5 Å². The normalized spacial score (nSPS) is 17.0. The number of hydrogen-bond donors (Lipinski definition) is 0. The van der Waals surface area contributed by atoms with E-state index in [0.29, 0.717) is 0 Å². The van der Waals surface area contributed by atoms with Crippen LogP contribution in [0.3, 0.4) is 0 Å². The number of carbonyl (C=O) groups excluding carboxylic acids is 1. The summed E-state index contributed by atoms with van der Waals surface area (Å²) in [6, 6.07) is 25.9. The molecular weight excluding hydrogens is 381 g/mol. The molecule has 1 amide bonds. The van der Waals surface area contributed by atoms with Crippen molar-refractivity contribution >= 4 is 29.1 Å². The van der Waals surface area contributed by atoms with Crippen LogP contribution in [0.1, 0.15) is 25.7 Å². The second-order valence-electron chi connectivity index (χ2n) is 7.40. The zero-order valence-corrected chi connectivity index (χ0v) is 16.9. The Morgan fingerprint density at radius 2 is 1.38 bits per heavy atom. The van der Waals surface area contributed by atoms with Crippen molar-refractivity contribution in [2.45, 2.75) is 31.8 Å². The van der Waals surface area contributed by atoms with Gasteiger partial charge in [-0.3, -0.25) is 0 Å². The molecule has 146 valence electrons. The van der Waals surface area contributed by atoms with E-state index in [0.717, 1.165) is 53.1 Å². The van der Waals surface area contributed by atoms with Crippen molar-refractivity contribution in [2.24, 2.45) is 4.74 Å². The van der Waals surface area contributed by atoms with E-state index in [2.05, 4.69) is 12.1 Å². The summed E-state index contributed by atoms with van der Waals surface area (Å²) in [5.41, 5.74) is 0. The molecule has 1 saturated carbocycles. The molecule has 0 bridgehead atoms. The third-order valence-corrected chi connectivity index (χ3v) is 9.22. The molecule has 0 spiro atoms. The van der Waals surface area contributed by atoms with Gasteiger partial charge in [0.25, 0.3) is 0 Å². The van der Waals surface area contributed by atoms with E-state index in [9.17, 15) is 4.79 Å². The van der Waals surface area contributed by atoms with E-state index < -0.39 is 13.1 Å².